The van der Waals surface area contributed by atoms with Gasteiger partial charge in [0.25, 0.3) is 0 Å². The van der Waals surface area contributed by atoms with Crippen molar-refractivity contribution in [2.45, 2.75) is 11.3 Å². The molecule has 0 atom stereocenters. The molecule has 0 aliphatic carbocycles. The lowest BCUT2D eigenvalue weighted by atomic mass is 10.3. The average Bonchev–Trinajstić information content (AvgIpc) is 2.34. The summed E-state index contributed by atoms with van der Waals surface area (Å²) in [7, 11) is 1.89. The Hall–Kier alpha value is -1.20. The molecule has 0 unspecified atom stereocenters. The van der Waals surface area contributed by atoms with Crippen LogP contribution in [0.5, 0.6) is 5.75 Å². The van der Waals surface area contributed by atoms with E-state index in [0.717, 1.165) is 17.9 Å². The fourth-order valence-corrected chi connectivity index (χ4v) is 1.96. The lowest BCUT2D eigenvalue weighted by Crippen LogP contribution is -2.27. The van der Waals surface area contributed by atoms with Gasteiger partial charge in [-0.3, -0.25) is 4.79 Å². The molecule has 94 valence electrons. The first kappa shape index (κ1) is 13.9. The van der Waals surface area contributed by atoms with E-state index in [-0.39, 0.29) is 11.7 Å². The Labute approximate surface area is 106 Å². The second kappa shape index (κ2) is 7.97. The third kappa shape index (κ3) is 6.19. The van der Waals surface area contributed by atoms with Gasteiger partial charge in [0, 0.05) is 11.4 Å². The summed E-state index contributed by atoms with van der Waals surface area (Å²) in [5, 5.41) is 15.0. The molecule has 0 aromatic heterocycles. The quantitative estimate of drug-likeness (QED) is 0.505. The first-order valence-corrected chi connectivity index (χ1v) is 6.54. The minimum absolute atomic E-state index is 0.0409. The summed E-state index contributed by atoms with van der Waals surface area (Å²) >= 11 is 1.46. The summed E-state index contributed by atoms with van der Waals surface area (Å²) < 4.78 is 0. The number of rotatable bonds is 7. The third-order valence-electron chi connectivity index (χ3n) is 2.13. The van der Waals surface area contributed by atoms with Crippen LogP contribution < -0.4 is 10.6 Å². The minimum atomic E-state index is 0.0409. The van der Waals surface area contributed by atoms with Crippen molar-refractivity contribution in [1.29, 1.82) is 0 Å². The molecule has 0 fully saturated rings. The number of hydrogen-bond donors (Lipinski definition) is 3. The molecule has 1 aromatic carbocycles. The van der Waals surface area contributed by atoms with Gasteiger partial charge >= 0.3 is 0 Å². The van der Waals surface area contributed by atoms with Crippen molar-refractivity contribution in [3.63, 3.8) is 0 Å². The van der Waals surface area contributed by atoms with Crippen LogP contribution in [0.2, 0.25) is 0 Å². The van der Waals surface area contributed by atoms with Gasteiger partial charge in [-0.05, 0) is 44.3 Å². The standard InChI is InChI=1S/C12H18N2O2S/c1-13-7-2-8-14-12(16)9-17-11-5-3-10(15)4-6-11/h3-6,13,15H,2,7-9H2,1H3,(H,14,16). The molecule has 4 nitrogen and oxygen atoms in total. The third-order valence-corrected chi connectivity index (χ3v) is 3.14. The number of phenols is 1. The molecule has 0 spiro atoms. The normalized spacial score (nSPS) is 10.2. The van der Waals surface area contributed by atoms with Crippen molar-refractivity contribution >= 4 is 17.7 Å². The van der Waals surface area contributed by atoms with Gasteiger partial charge in [-0.1, -0.05) is 0 Å². The molecular weight excluding hydrogens is 236 g/mol. The summed E-state index contributed by atoms with van der Waals surface area (Å²) in [4.78, 5) is 12.4. The monoisotopic (exact) mass is 254 g/mol. The molecular formula is C12H18N2O2S. The van der Waals surface area contributed by atoms with Gasteiger partial charge in [-0.15, -0.1) is 11.8 Å². The van der Waals surface area contributed by atoms with Crippen LogP contribution in [0.15, 0.2) is 29.2 Å². The van der Waals surface area contributed by atoms with Gasteiger partial charge in [-0.25, -0.2) is 0 Å². The number of carbonyl (C=O) groups is 1. The lowest BCUT2D eigenvalue weighted by Gasteiger charge is -2.05. The van der Waals surface area contributed by atoms with Crippen LogP contribution in [0.3, 0.4) is 0 Å². The molecule has 0 aliphatic heterocycles. The average molecular weight is 254 g/mol. The van der Waals surface area contributed by atoms with Crippen molar-refractivity contribution in [2.24, 2.45) is 0 Å². The van der Waals surface area contributed by atoms with E-state index < -0.39 is 0 Å². The predicted molar refractivity (Wildman–Crippen MR) is 70.4 cm³/mol. The molecule has 17 heavy (non-hydrogen) atoms. The molecule has 3 N–H and O–H groups in total. The second-order valence-electron chi connectivity index (χ2n) is 3.59. The van der Waals surface area contributed by atoms with Crippen molar-refractivity contribution in [1.82, 2.24) is 10.6 Å². The van der Waals surface area contributed by atoms with Crippen molar-refractivity contribution in [3.8, 4) is 5.75 Å². The Balaban J connectivity index is 2.17. The zero-order chi connectivity index (χ0) is 12.5. The van der Waals surface area contributed by atoms with Gasteiger partial charge < -0.3 is 15.7 Å². The second-order valence-corrected chi connectivity index (χ2v) is 4.64. The van der Waals surface area contributed by atoms with Crippen LogP contribution in [0.1, 0.15) is 6.42 Å². The maximum Gasteiger partial charge on any atom is 0.230 e. The van der Waals surface area contributed by atoms with Crippen molar-refractivity contribution in [3.05, 3.63) is 24.3 Å². The van der Waals surface area contributed by atoms with E-state index in [1.165, 1.54) is 11.8 Å². The van der Waals surface area contributed by atoms with Crippen LogP contribution in [-0.2, 0) is 4.79 Å². The maximum absolute atomic E-state index is 11.4. The summed E-state index contributed by atoms with van der Waals surface area (Å²) in [6.07, 6.45) is 0.937. The van der Waals surface area contributed by atoms with E-state index in [9.17, 15) is 4.79 Å². The summed E-state index contributed by atoms with van der Waals surface area (Å²) in [5.74, 6) is 0.690. The van der Waals surface area contributed by atoms with Gasteiger partial charge in [0.05, 0.1) is 5.75 Å². The number of phenolic OH excluding ortho intramolecular Hbond substituents is 1. The Morgan fingerprint density at radius 1 is 1.29 bits per heavy atom. The number of nitrogens with one attached hydrogen (secondary N) is 2. The number of benzene rings is 1. The molecule has 0 aliphatic rings. The summed E-state index contributed by atoms with van der Waals surface area (Å²) in [6.45, 7) is 1.61. The molecule has 1 aromatic rings. The SMILES string of the molecule is CNCCCNC(=O)CSc1ccc(O)cc1. The Bertz CT molecular complexity index is 341. The van der Waals surface area contributed by atoms with E-state index in [2.05, 4.69) is 10.6 Å². The molecule has 1 rings (SSSR count). The largest absolute Gasteiger partial charge is 0.508 e. The van der Waals surface area contributed by atoms with Crippen LogP contribution in [0, 0.1) is 0 Å². The molecule has 0 saturated heterocycles. The minimum Gasteiger partial charge on any atom is -0.508 e. The maximum atomic E-state index is 11.4. The van der Waals surface area contributed by atoms with Gasteiger partial charge in [0.2, 0.25) is 5.91 Å². The van der Waals surface area contributed by atoms with Crippen molar-refractivity contribution in [2.75, 3.05) is 25.9 Å². The van der Waals surface area contributed by atoms with Crippen LogP contribution in [-0.4, -0.2) is 36.9 Å². The molecule has 5 heteroatoms. The summed E-state index contributed by atoms with van der Waals surface area (Å²) in [5.41, 5.74) is 0. The van der Waals surface area contributed by atoms with E-state index in [1.54, 1.807) is 24.3 Å². The van der Waals surface area contributed by atoms with Crippen LogP contribution in [0.4, 0.5) is 0 Å². The molecule has 0 bridgehead atoms. The molecule has 1 amide bonds. The highest BCUT2D eigenvalue weighted by atomic mass is 32.2. The van der Waals surface area contributed by atoms with Crippen LogP contribution >= 0.6 is 11.8 Å². The number of carbonyl (C=O) groups excluding carboxylic acids is 1. The van der Waals surface area contributed by atoms with E-state index in [1.807, 2.05) is 7.05 Å². The van der Waals surface area contributed by atoms with Crippen molar-refractivity contribution < 1.29 is 9.90 Å². The first-order valence-electron chi connectivity index (χ1n) is 5.55. The predicted octanol–water partition coefficient (Wildman–Crippen LogP) is 1.21. The summed E-state index contributed by atoms with van der Waals surface area (Å²) in [6, 6.07) is 6.84. The highest BCUT2D eigenvalue weighted by Crippen LogP contribution is 2.20. The number of aromatic hydroxyl groups is 1. The Morgan fingerprint density at radius 3 is 2.65 bits per heavy atom. The zero-order valence-corrected chi connectivity index (χ0v) is 10.7. The number of hydrogen-bond acceptors (Lipinski definition) is 4. The van der Waals surface area contributed by atoms with Gasteiger partial charge in [0.15, 0.2) is 0 Å². The zero-order valence-electron chi connectivity index (χ0n) is 9.90. The molecule has 0 heterocycles. The fraction of sp³-hybridized carbons (Fsp3) is 0.417. The Kier molecular flexibility index (Phi) is 6.50. The van der Waals surface area contributed by atoms with E-state index >= 15 is 0 Å². The van der Waals surface area contributed by atoms with Crippen LogP contribution in [0.25, 0.3) is 0 Å². The topological polar surface area (TPSA) is 61.4 Å². The number of thioether (sulfide) groups is 1. The number of amides is 1. The van der Waals surface area contributed by atoms with Gasteiger partial charge in [0.1, 0.15) is 5.75 Å². The highest BCUT2D eigenvalue weighted by Gasteiger charge is 2.01. The first-order chi connectivity index (χ1) is 8.22. The lowest BCUT2D eigenvalue weighted by molar-refractivity contribution is -0.118. The molecule has 0 radical (unpaired) electrons. The van der Waals surface area contributed by atoms with E-state index in [4.69, 9.17) is 5.11 Å². The smallest absolute Gasteiger partial charge is 0.230 e. The fourth-order valence-electron chi connectivity index (χ4n) is 1.24. The van der Waals surface area contributed by atoms with Gasteiger partial charge in [-0.2, -0.15) is 0 Å². The molecule has 0 saturated carbocycles. The van der Waals surface area contributed by atoms with E-state index in [0.29, 0.717) is 12.3 Å². The Morgan fingerprint density at radius 2 is 2.00 bits per heavy atom. The highest BCUT2D eigenvalue weighted by molar-refractivity contribution is 8.00.